The van der Waals surface area contributed by atoms with Gasteiger partial charge in [-0.15, -0.1) is 0 Å². The van der Waals surface area contributed by atoms with Crippen LogP contribution >= 0.6 is 0 Å². The van der Waals surface area contributed by atoms with Crippen molar-refractivity contribution in [3.8, 4) is 0 Å². The average Bonchev–Trinajstić information content (AvgIpc) is 2.47. The average molecular weight is 301 g/mol. The minimum Gasteiger partial charge on any atom is -0.422 e. The molecule has 2 aromatic rings. The van der Waals surface area contributed by atoms with Crippen LogP contribution in [0.1, 0.15) is 30.0 Å². The first-order valence-electron chi connectivity index (χ1n) is 7.89. The van der Waals surface area contributed by atoms with E-state index >= 15 is 0 Å². The van der Waals surface area contributed by atoms with Crippen molar-refractivity contribution in [3.63, 3.8) is 0 Å². The molecule has 1 fully saturated rings. The van der Waals surface area contributed by atoms with Crippen molar-refractivity contribution in [3.05, 3.63) is 45.3 Å². The van der Waals surface area contributed by atoms with Crippen molar-refractivity contribution in [1.82, 2.24) is 4.90 Å². The smallest absolute Gasteiger partial charge is 0.336 e. The summed E-state index contributed by atoms with van der Waals surface area (Å²) in [5, 5.41) is 11.0. The molecular weight excluding hydrogens is 278 g/mol. The maximum Gasteiger partial charge on any atom is 0.336 e. The van der Waals surface area contributed by atoms with E-state index in [0.29, 0.717) is 24.6 Å². The van der Waals surface area contributed by atoms with E-state index in [0.717, 1.165) is 35.0 Å². The summed E-state index contributed by atoms with van der Waals surface area (Å²) in [7, 11) is 0. The van der Waals surface area contributed by atoms with Crippen LogP contribution < -0.4 is 5.63 Å². The van der Waals surface area contributed by atoms with Gasteiger partial charge in [0.1, 0.15) is 5.58 Å². The lowest BCUT2D eigenvalue weighted by Gasteiger charge is -2.34. The number of aliphatic hydroxyl groups is 1. The summed E-state index contributed by atoms with van der Waals surface area (Å²) in [4.78, 5) is 14.1. The molecule has 1 aromatic carbocycles. The fourth-order valence-corrected chi connectivity index (χ4v) is 3.15. The van der Waals surface area contributed by atoms with E-state index in [1.165, 1.54) is 0 Å². The minimum absolute atomic E-state index is 0.288. The summed E-state index contributed by atoms with van der Waals surface area (Å²) in [5.74, 6) is 0.346. The van der Waals surface area contributed by atoms with Gasteiger partial charge in [-0.1, -0.05) is 19.1 Å². The van der Waals surface area contributed by atoms with Crippen LogP contribution in [0.25, 0.3) is 11.0 Å². The number of hydrogen-bond donors (Lipinski definition) is 1. The van der Waals surface area contributed by atoms with Gasteiger partial charge in [-0.05, 0) is 49.4 Å². The van der Waals surface area contributed by atoms with Crippen molar-refractivity contribution < 1.29 is 9.52 Å². The molecule has 2 unspecified atom stereocenters. The molecule has 0 spiro atoms. The number of β-amino-alcohol motifs (C(OH)–C–C–N with tert-alkyl or cyclic N) is 1. The third-order valence-electron chi connectivity index (χ3n) is 4.91. The summed E-state index contributed by atoms with van der Waals surface area (Å²) in [6.07, 6.45) is 0.697. The summed E-state index contributed by atoms with van der Waals surface area (Å²) < 4.78 is 5.42. The molecule has 1 aromatic heterocycles. The summed E-state index contributed by atoms with van der Waals surface area (Å²) in [5.41, 5.74) is 3.51. The third-order valence-corrected chi connectivity index (χ3v) is 4.91. The number of fused-ring (bicyclic) bond motifs is 1. The van der Waals surface area contributed by atoms with Gasteiger partial charge in [0, 0.05) is 24.5 Å². The molecule has 1 aliphatic heterocycles. The molecule has 4 nitrogen and oxygen atoms in total. The first-order chi connectivity index (χ1) is 10.5. The second-order valence-corrected chi connectivity index (χ2v) is 6.54. The Labute approximate surface area is 130 Å². The Hall–Kier alpha value is -1.65. The Kier molecular flexibility index (Phi) is 4.06. The molecule has 4 heteroatoms. The molecule has 1 saturated heterocycles. The highest BCUT2D eigenvalue weighted by molar-refractivity contribution is 5.83. The van der Waals surface area contributed by atoms with Crippen LogP contribution in [0.4, 0.5) is 0 Å². The molecule has 2 heterocycles. The van der Waals surface area contributed by atoms with E-state index in [4.69, 9.17) is 4.42 Å². The lowest BCUT2D eigenvalue weighted by atomic mass is 9.95. The molecule has 2 atom stereocenters. The lowest BCUT2D eigenvalue weighted by molar-refractivity contribution is 0.0260. The van der Waals surface area contributed by atoms with Gasteiger partial charge in [0.15, 0.2) is 0 Å². The predicted octanol–water partition coefficient (Wildman–Crippen LogP) is 2.61. The molecule has 0 saturated carbocycles. The Morgan fingerprint density at radius 1 is 1.36 bits per heavy atom. The van der Waals surface area contributed by atoms with Gasteiger partial charge in [0.05, 0.1) is 6.10 Å². The van der Waals surface area contributed by atoms with Crippen LogP contribution in [0.15, 0.2) is 27.4 Å². The molecule has 0 aliphatic carbocycles. The van der Waals surface area contributed by atoms with Gasteiger partial charge in [-0.2, -0.15) is 0 Å². The number of aliphatic hydroxyl groups excluding tert-OH is 1. The van der Waals surface area contributed by atoms with Gasteiger partial charge in [0.25, 0.3) is 0 Å². The highest BCUT2D eigenvalue weighted by atomic mass is 16.4. The number of likely N-dealkylation sites (tertiary alicyclic amines) is 1. The zero-order valence-electron chi connectivity index (χ0n) is 13.4. The van der Waals surface area contributed by atoms with Crippen molar-refractivity contribution in [2.45, 2.75) is 39.8 Å². The van der Waals surface area contributed by atoms with Gasteiger partial charge in [0.2, 0.25) is 0 Å². The fourth-order valence-electron chi connectivity index (χ4n) is 3.15. The zero-order valence-corrected chi connectivity index (χ0v) is 13.4. The lowest BCUT2D eigenvalue weighted by Crippen LogP contribution is -2.42. The normalized spacial score (nSPS) is 23.1. The number of aryl methyl sites for hydroxylation is 2. The number of piperidine rings is 1. The molecule has 1 N–H and O–H groups in total. The highest BCUT2D eigenvalue weighted by Gasteiger charge is 2.24. The van der Waals surface area contributed by atoms with Gasteiger partial charge >= 0.3 is 5.63 Å². The van der Waals surface area contributed by atoms with E-state index in [1.807, 2.05) is 19.9 Å². The van der Waals surface area contributed by atoms with E-state index in [1.54, 1.807) is 6.07 Å². The maximum absolute atomic E-state index is 11.9. The van der Waals surface area contributed by atoms with E-state index in [9.17, 15) is 9.90 Å². The monoisotopic (exact) mass is 301 g/mol. The second kappa shape index (κ2) is 5.86. The molecule has 0 radical (unpaired) electrons. The molecule has 0 bridgehead atoms. The quantitative estimate of drug-likeness (QED) is 0.866. The SMILES string of the molecule is Cc1ccc2c(CN3CCC(C)C(O)C3)cc(=O)oc2c1C. The van der Waals surface area contributed by atoms with E-state index < -0.39 is 0 Å². The number of hydrogen-bond acceptors (Lipinski definition) is 4. The standard InChI is InChI=1S/C18H23NO3/c1-11-4-5-15-14(8-17(21)22-18(15)13(11)3)9-19-7-6-12(2)16(20)10-19/h4-5,8,12,16,20H,6-7,9-10H2,1-3H3. The third kappa shape index (κ3) is 2.81. The van der Waals surface area contributed by atoms with Gasteiger partial charge < -0.3 is 9.52 Å². The second-order valence-electron chi connectivity index (χ2n) is 6.54. The Morgan fingerprint density at radius 2 is 2.14 bits per heavy atom. The first-order valence-corrected chi connectivity index (χ1v) is 7.89. The fraction of sp³-hybridized carbons (Fsp3) is 0.500. The molecule has 22 heavy (non-hydrogen) atoms. The van der Waals surface area contributed by atoms with Crippen molar-refractivity contribution in [2.24, 2.45) is 5.92 Å². The summed E-state index contributed by atoms with van der Waals surface area (Å²) >= 11 is 0. The van der Waals surface area contributed by atoms with Crippen LogP contribution in [0.3, 0.4) is 0 Å². The highest BCUT2D eigenvalue weighted by Crippen LogP contribution is 2.25. The molecule has 0 amide bonds. The van der Waals surface area contributed by atoms with Crippen LogP contribution in [-0.4, -0.2) is 29.2 Å². The van der Waals surface area contributed by atoms with E-state index in [-0.39, 0.29) is 11.7 Å². The molecule has 118 valence electrons. The number of rotatable bonds is 2. The minimum atomic E-state index is -0.304. The van der Waals surface area contributed by atoms with Crippen molar-refractivity contribution >= 4 is 11.0 Å². The largest absolute Gasteiger partial charge is 0.422 e. The van der Waals surface area contributed by atoms with Crippen LogP contribution in [-0.2, 0) is 6.54 Å². The van der Waals surface area contributed by atoms with Crippen molar-refractivity contribution in [2.75, 3.05) is 13.1 Å². The van der Waals surface area contributed by atoms with Crippen molar-refractivity contribution in [1.29, 1.82) is 0 Å². The Morgan fingerprint density at radius 3 is 2.86 bits per heavy atom. The van der Waals surface area contributed by atoms with Crippen LogP contribution in [0, 0.1) is 19.8 Å². The number of benzene rings is 1. The van der Waals surface area contributed by atoms with Gasteiger partial charge in [-0.3, -0.25) is 4.90 Å². The Bertz CT molecular complexity index is 750. The summed E-state index contributed by atoms with van der Waals surface area (Å²) in [6, 6.07) is 5.68. The van der Waals surface area contributed by atoms with Gasteiger partial charge in [-0.25, -0.2) is 4.79 Å². The molecular formula is C18H23NO3. The van der Waals surface area contributed by atoms with Crippen LogP contribution in [0.2, 0.25) is 0 Å². The number of nitrogens with zero attached hydrogens (tertiary/aromatic N) is 1. The zero-order chi connectivity index (χ0) is 15.9. The van der Waals surface area contributed by atoms with E-state index in [2.05, 4.69) is 17.9 Å². The maximum atomic E-state index is 11.9. The Balaban J connectivity index is 1.97. The topological polar surface area (TPSA) is 53.7 Å². The first kappa shape index (κ1) is 15.3. The summed E-state index contributed by atoms with van der Waals surface area (Å²) in [6.45, 7) is 8.37. The molecule has 3 rings (SSSR count). The predicted molar refractivity (Wildman–Crippen MR) is 87.0 cm³/mol. The van der Waals surface area contributed by atoms with Crippen LogP contribution in [0.5, 0.6) is 0 Å². The molecule has 1 aliphatic rings.